The van der Waals surface area contributed by atoms with Crippen LogP contribution in [-0.2, 0) is 14.8 Å². The lowest BCUT2D eigenvalue weighted by atomic mass is 10.2. The Morgan fingerprint density at radius 1 is 1.42 bits per heavy atom. The number of sulfonamides is 1. The van der Waals surface area contributed by atoms with E-state index in [4.69, 9.17) is 27.2 Å². The lowest BCUT2D eigenvalue weighted by Crippen LogP contribution is -2.28. The first kappa shape index (κ1) is 16.2. The summed E-state index contributed by atoms with van der Waals surface area (Å²) in [6.45, 7) is 2.02. The number of anilines is 1. The van der Waals surface area contributed by atoms with Gasteiger partial charge in [-0.15, -0.1) is 0 Å². The van der Waals surface area contributed by atoms with Crippen LogP contribution in [0.15, 0.2) is 17.0 Å². The molecule has 8 heteroatoms. The van der Waals surface area contributed by atoms with Crippen molar-refractivity contribution in [3.05, 3.63) is 22.7 Å². The largest absolute Gasteiger partial charge is 0.397 e. The zero-order valence-corrected chi connectivity index (χ0v) is 12.1. The van der Waals surface area contributed by atoms with Gasteiger partial charge in [0.2, 0.25) is 10.0 Å². The van der Waals surface area contributed by atoms with Crippen LogP contribution in [0, 0.1) is 6.92 Å². The summed E-state index contributed by atoms with van der Waals surface area (Å²) in [6.07, 6.45) is 0. The summed E-state index contributed by atoms with van der Waals surface area (Å²) in [5.74, 6) is 0. The molecule has 0 bridgehead atoms. The fraction of sp³-hybridized carbons (Fsp3) is 0.455. The topological polar surface area (TPSA) is 102 Å². The molecule has 0 spiro atoms. The Labute approximate surface area is 117 Å². The SMILES string of the molecule is Cc1cc(Cl)c(N)cc1S(=O)(=O)NCCOCCO. The van der Waals surface area contributed by atoms with Crippen molar-refractivity contribution in [2.45, 2.75) is 11.8 Å². The smallest absolute Gasteiger partial charge is 0.240 e. The first-order valence-corrected chi connectivity index (χ1v) is 7.48. The molecule has 0 saturated carbocycles. The van der Waals surface area contributed by atoms with Gasteiger partial charge in [-0.2, -0.15) is 0 Å². The number of nitrogens with two attached hydrogens (primary N) is 1. The number of aryl methyl sites for hydroxylation is 1. The first-order chi connectivity index (χ1) is 8.88. The molecule has 6 nitrogen and oxygen atoms in total. The normalized spacial score (nSPS) is 11.7. The van der Waals surface area contributed by atoms with E-state index < -0.39 is 10.0 Å². The number of halogens is 1. The standard InChI is InChI=1S/C11H17ClN2O4S/c1-8-6-9(12)10(13)7-11(8)19(16,17)14-2-4-18-5-3-15/h6-7,14-15H,2-5,13H2,1H3. The highest BCUT2D eigenvalue weighted by molar-refractivity contribution is 7.89. The van der Waals surface area contributed by atoms with Crippen LogP contribution < -0.4 is 10.5 Å². The van der Waals surface area contributed by atoms with Gasteiger partial charge in [0.15, 0.2) is 0 Å². The van der Waals surface area contributed by atoms with Gasteiger partial charge in [0.1, 0.15) is 0 Å². The third-order valence-electron chi connectivity index (χ3n) is 2.36. The van der Waals surface area contributed by atoms with Crippen LogP contribution in [0.4, 0.5) is 5.69 Å². The Morgan fingerprint density at radius 3 is 2.74 bits per heavy atom. The number of hydrogen-bond donors (Lipinski definition) is 3. The van der Waals surface area contributed by atoms with Crippen LogP contribution in [-0.4, -0.2) is 39.9 Å². The Morgan fingerprint density at radius 2 is 2.11 bits per heavy atom. The molecule has 1 aromatic rings. The van der Waals surface area contributed by atoms with Gasteiger partial charge < -0.3 is 15.6 Å². The molecule has 0 heterocycles. The molecule has 0 atom stereocenters. The molecule has 0 aromatic heterocycles. The number of aliphatic hydroxyl groups is 1. The van der Waals surface area contributed by atoms with Crippen molar-refractivity contribution in [3.63, 3.8) is 0 Å². The van der Waals surface area contributed by atoms with E-state index in [9.17, 15) is 8.42 Å². The van der Waals surface area contributed by atoms with Gasteiger partial charge in [0.25, 0.3) is 0 Å². The summed E-state index contributed by atoms with van der Waals surface area (Å²) in [5, 5.41) is 8.83. The van der Waals surface area contributed by atoms with Crippen molar-refractivity contribution in [2.24, 2.45) is 0 Å². The molecule has 0 amide bonds. The number of benzene rings is 1. The molecule has 0 aliphatic rings. The molecule has 0 fully saturated rings. The minimum Gasteiger partial charge on any atom is -0.397 e. The zero-order chi connectivity index (χ0) is 14.5. The summed E-state index contributed by atoms with van der Waals surface area (Å²) in [7, 11) is -3.65. The Bertz CT molecular complexity index is 534. The van der Waals surface area contributed by atoms with Crippen molar-refractivity contribution in [1.29, 1.82) is 0 Å². The maximum atomic E-state index is 12.0. The van der Waals surface area contributed by atoms with E-state index in [-0.39, 0.29) is 36.9 Å². The Hall–Kier alpha value is -0.860. The molecule has 1 rings (SSSR count). The van der Waals surface area contributed by atoms with Crippen molar-refractivity contribution in [2.75, 3.05) is 32.1 Å². The highest BCUT2D eigenvalue weighted by atomic mass is 35.5. The quantitative estimate of drug-likeness (QED) is 0.503. The highest BCUT2D eigenvalue weighted by Crippen LogP contribution is 2.25. The number of ether oxygens (including phenoxy) is 1. The van der Waals surface area contributed by atoms with Crippen molar-refractivity contribution >= 4 is 27.3 Å². The predicted molar refractivity (Wildman–Crippen MR) is 73.7 cm³/mol. The Balaban J connectivity index is 2.75. The molecule has 0 unspecified atom stereocenters. The summed E-state index contributed by atoms with van der Waals surface area (Å²) in [5.41, 5.74) is 6.33. The fourth-order valence-electron chi connectivity index (χ4n) is 1.45. The van der Waals surface area contributed by atoms with Crippen molar-refractivity contribution in [3.8, 4) is 0 Å². The van der Waals surface area contributed by atoms with E-state index in [2.05, 4.69) is 4.72 Å². The number of hydrogen-bond acceptors (Lipinski definition) is 5. The van der Waals surface area contributed by atoms with Gasteiger partial charge >= 0.3 is 0 Å². The second kappa shape index (κ2) is 7.06. The average molecular weight is 309 g/mol. The number of nitrogens with one attached hydrogen (secondary N) is 1. The maximum Gasteiger partial charge on any atom is 0.240 e. The third kappa shape index (κ3) is 4.63. The fourth-order valence-corrected chi connectivity index (χ4v) is 2.94. The monoisotopic (exact) mass is 308 g/mol. The minimum atomic E-state index is -3.65. The first-order valence-electron chi connectivity index (χ1n) is 5.62. The summed E-state index contributed by atoms with van der Waals surface area (Å²) in [4.78, 5) is 0.0940. The molecule has 4 N–H and O–H groups in total. The predicted octanol–water partition coefficient (Wildman–Crippen LogP) is 0.518. The average Bonchev–Trinajstić information content (AvgIpc) is 2.33. The van der Waals surface area contributed by atoms with Gasteiger partial charge in [-0.05, 0) is 24.6 Å². The van der Waals surface area contributed by atoms with E-state index in [1.165, 1.54) is 12.1 Å². The lowest BCUT2D eigenvalue weighted by Gasteiger charge is -2.11. The molecule has 0 aliphatic carbocycles. The molecule has 0 radical (unpaired) electrons. The van der Waals surface area contributed by atoms with Crippen molar-refractivity contribution in [1.82, 2.24) is 4.72 Å². The van der Waals surface area contributed by atoms with E-state index in [0.717, 1.165) is 0 Å². The van der Waals surface area contributed by atoms with Crippen molar-refractivity contribution < 1.29 is 18.3 Å². The van der Waals surface area contributed by atoms with Gasteiger partial charge in [0, 0.05) is 6.54 Å². The highest BCUT2D eigenvalue weighted by Gasteiger charge is 2.17. The zero-order valence-electron chi connectivity index (χ0n) is 10.5. The molecule has 19 heavy (non-hydrogen) atoms. The molecule has 0 aliphatic heterocycles. The molecule has 1 aromatic carbocycles. The molecular formula is C11H17ClN2O4S. The van der Waals surface area contributed by atoms with Crippen LogP contribution in [0.5, 0.6) is 0 Å². The van der Waals surface area contributed by atoms with Crippen LogP contribution in [0.1, 0.15) is 5.56 Å². The summed E-state index contributed by atoms with van der Waals surface area (Å²) in [6, 6.07) is 2.84. The van der Waals surface area contributed by atoms with Gasteiger partial charge in [0.05, 0.1) is 35.4 Å². The summed E-state index contributed by atoms with van der Waals surface area (Å²) < 4.78 is 31.4. The van der Waals surface area contributed by atoms with Crippen LogP contribution >= 0.6 is 11.6 Å². The second-order valence-corrected chi connectivity index (χ2v) is 6.02. The molecule has 0 saturated heterocycles. The van der Waals surface area contributed by atoms with E-state index in [1.807, 2.05) is 0 Å². The van der Waals surface area contributed by atoms with E-state index >= 15 is 0 Å². The third-order valence-corrected chi connectivity index (χ3v) is 4.29. The lowest BCUT2D eigenvalue weighted by molar-refractivity contribution is 0.0961. The minimum absolute atomic E-state index is 0.0940. The number of rotatable bonds is 7. The van der Waals surface area contributed by atoms with Crippen LogP contribution in [0.25, 0.3) is 0 Å². The molecular weight excluding hydrogens is 292 g/mol. The maximum absolute atomic E-state index is 12.0. The van der Waals surface area contributed by atoms with Gasteiger partial charge in [-0.25, -0.2) is 13.1 Å². The van der Waals surface area contributed by atoms with Gasteiger partial charge in [-0.1, -0.05) is 11.6 Å². The second-order valence-electron chi connectivity index (χ2n) is 3.87. The van der Waals surface area contributed by atoms with Gasteiger partial charge in [-0.3, -0.25) is 0 Å². The van der Waals surface area contributed by atoms with Crippen LogP contribution in [0.3, 0.4) is 0 Å². The number of nitrogen functional groups attached to an aromatic ring is 1. The van der Waals surface area contributed by atoms with E-state index in [0.29, 0.717) is 10.6 Å². The number of aliphatic hydroxyl groups excluding tert-OH is 1. The Kier molecular flexibility index (Phi) is 6.02. The van der Waals surface area contributed by atoms with Crippen LogP contribution in [0.2, 0.25) is 5.02 Å². The molecule has 108 valence electrons. The van der Waals surface area contributed by atoms with E-state index in [1.54, 1.807) is 6.92 Å². The summed E-state index contributed by atoms with van der Waals surface area (Å²) >= 11 is 5.81.